The van der Waals surface area contributed by atoms with E-state index in [1.54, 1.807) is 13.8 Å². The van der Waals surface area contributed by atoms with E-state index < -0.39 is 17.9 Å². The topological polar surface area (TPSA) is 75.6 Å². The highest BCUT2D eigenvalue weighted by Gasteiger charge is 2.20. The Morgan fingerprint density at radius 1 is 1.33 bits per heavy atom. The van der Waals surface area contributed by atoms with Crippen molar-refractivity contribution in [3.05, 3.63) is 29.8 Å². The molecule has 0 aliphatic rings. The molecule has 116 valence electrons. The number of hydrogen-bond acceptors (Lipinski definition) is 3. The summed E-state index contributed by atoms with van der Waals surface area (Å²) in [5, 5.41) is 11.6. The van der Waals surface area contributed by atoms with E-state index in [0.29, 0.717) is 6.61 Å². The van der Waals surface area contributed by atoms with Gasteiger partial charge in [0.1, 0.15) is 5.75 Å². The van der Waals surface area contributed by atoms with Crippen LogP contribution in [0.3, 0.4) is 0 Å². The van der Waals surface area contributed by atoms with Gasteiger partial charge in [-0.15, -0.1) is 0 Å². The van der Waals surface area contributed by atoms with Gasteiger partial charge in [0.05, 0.1) is 18.9 Å². The van der Waals surface area contributed by atoms with Crippen molar-refractivity contribution >= 4 is 11.9 Å². The van der Waals surface area contributed by atoms with Crippen molar-refractivity contribution in [1.82, 2.24) is 5.32 Å². The van der Waals surface area contributed by atoms with Crippen molar-refractivity contribution in [3.63, 3.8) is 0 Å². The fourth-order valence-electron chi connectivity index (χ4n) is 1.79. The molecule has 1 amide bonds. The summed E-state index contributed by atoms with van der Waals surface area (Å²) in [5.74, 6) is -0.983. The fraction of sp³-hybridized carbons (Fsp3) is 0.500. The largest absolute Gasteiger partial charge is 0.494 e. The highest BCUT2D eigenvalue weighted by atomic mass is 16.5. The smallest absolute Gasteiger partial charge is 0.308 e. The lowest BCUT2D eigenvalue weighted by Gasteiger charge is -2.17. The molecule has 1 rings (SSSR count). The Bertz CT molecular complexity index is 487. The summed E-state index contributed by atoms with van der Waals surface area (Å²) in [6.45, 7) is 5.94. The molecule has 21 heavy (non-hydrogen) atoms. The number of amides is 1. The molecule has 5 heteroatoms. The second-order valence-corrected chi connectivity index (χ2v) is 5.16. The zero-order valence-corrected chi connectivity index (χ0v) is 12.8. The number of ether oxygens (including phenoxy) is 1. The number of hydrogen-bond donors (Lipinski definition) is 2. The first-order valence-corrected chi connectivity index (χ1v) is 7.18. The van der Waals surface area contributed by atoms with Gasteiger partial charge >= 0.3 is 5.97 Å². The van der Waals surface area contributed by atoms with Crippen LogP contribution < -0.4 is 10.1 Å². The van der Waals surface area contributed by atoms with Crippen LogP contribution in [0.4, 0.5) is 0 Å². The molecule has 1 aromatic carbocycles. The summed E-state index contributed by atoms with van der Waals surface area (Å²) in [6, 6.07) is 6.97. The number of carbonyl (C=O) groups excluding carboxylic acids is 1. The molecule has 1 aromatic rings. The van der Waals surface area contributed by atoms with Crippen LogP contribution in [0, 0.1) is 5.92 Å². The van der Waals surface area contributed by atoms with E-state index >= 15 is 0 Å². The Labute approximate surface area is 125 Å². The van der Waals surface area contributed by atoms with Crippen LogP contribution >= 0.6 is 0 Å². The van der Waals surface area contributed by atoms with Gasteiger partial charge in [0.2, 0.25) is 5.91 Å². The molecule has 0 fully saturated rings. The van der Waals surface area contributed by atoms with Crippen molar-refractivity contribution in [3.8, 4) is 5.75 Å². The minimum absolute atomic E-state index is 0.191. The maximum atomic E-state index is 11.9. The maximum Gasteiger partial charge on any atom is 0.308 e. The summed E-state index contributed by atoms with van der Waals surface area (Å²) >= 11 is 0. The Hall–Kier alpha value is -2.04. The van der Waals surface area contributed by atoms with E-state index in [0.717, 1.165) is 17.7 Å². The molecular formula is C16H23NO4. The van der Waals surface area contributed by atoms with Gasteiger partial charge in [-0.05, 0) is 38.0 Å². The lowest BCUT2D eigenvalue weighted by atomic mass is 10.0. The van der Waals surface area contributed by atoms with Crippen molar-refractivity contribution in [2.24, 2.45) is 5.92 Å². The van der Waals surface area contributed by atoms with Gasteiger partial charge in [0, 0.05) is 6.04 Å². The van der Waals surface area contributed by atoms with E-state index in [1.807, 2.05) is 31.2 Å². The first kappa shape index (κ1) is 17.0. The first-order chi connectivity index (χ1) is 9.93. The maximum absolute atomic E-state index is 11.9. The summed E-state index contributed by atoms with van der Waals surface area (Å²) in [5.41, 5.74) is 0.844. The quantitative estimate of drug-likeness (QED) is 0.770. The number of benzene rings is 1. The number of nitrogens with one attached hydrogen (secondary N) is 1. The predicted molar refractivity (Wildman–Crippen MR) is 80.3 cm³/mol. The summed E-state index contributed by atoms with van der Waals surface area (Å²) in [7, 11) is 0. The molecule has 2 unspecified atom stereocenters. The predicted octanol–water partition coefficient (Wildman–Crippen LogP) is 2.24. The van der Waals surface area contributed by atoms with Gasteiger partial charge in [-0.2, -0.15) is 0 Å². The number of rotatable bonds is 8. The number of carboxylic acid groups (broad SMARTS) is 1. The second-order valence-electron chi connectivity index (χ2n) is 5.16. The van der Waals surface area contributed by atoms with Gasteiger partial charge in [0.25, 0.3) is 0 Å². The van der Waals surface area contributed by atoms with Gasteiger partial charge in [-0.3, -0.25) is 9.59 Å². The molecule has 0 spiro atoms. The monoisotopic (exact) mass is 293 g/mol. The average molecular weight is 293 g/mol. The molecule has 2 atom stereocenters. The molecule has 0 radical (unpaired) electrons. The average Bonchev–Trinajstić information content (AvgIpc) is 2.44. The first-order valence-electron chi connectivity index (χ1n) is 7.18. The summed E-state index contributed by atoms with van der Waals surface area (Å²) in [4.78, 5) is 22.8. The van der Waals surface area contributed by atoms with E-state index in [4.69, 9.17) is 9.84 Å². The highest BCUT2D eigenvalue weighted by molar-refractivity contribution is 5.80. The van der Waals surface area contributed by atoms with Crippen LogP contribution in [-0.4, -0.2) is 29.6 Å². The zero-order valence-electron chi connectivity index (χ0n) is 12.8. The van der Waals surface area contributed by atoms with Crippen LogP contribution in [0.15, 0.2) is 24.3 Å². The van der Waals surface area contributed by atoms with E-state index in [9.17, 15) is 9.59 Å². The van der Waals surface area contributed by atoms with Crippen molar-refractivity contribution in [1.29, 1.82) is 0 Å². The molecule has 0 saturated heterocycles. The van der Waals surface area contributed by atoms with Gasteiger partial charge in [-0.25, -0.2) is 0 Å². The number of aliphatic carboxylic acids is 1. The van der Waals surface area contributed by atoms with Gasteiger partial charge in [-0.1, -0.05) is 19.1 Å². The third kappa shape index (κ3) is 5.85. The SMILES string of the molecule is CCCOc1cccc(CC(=O)NC(C)C(C)C(=O)O)c1. The summed E-state index contributed by atoms with van der Waals surface area (Å²) < 4.78 is 5.52. The zero-order chi connectivity index (χ0) is 15.8. The number of carbonyl (C=O) groups is 2. The molecule has 5 nitrogen and oxygen atoms in total. The third-order valence-electron chi connectivity index (χ3n) is 3.26. The Balaban J connectivity index is 2.56. The standard InChI is InChI=1S/C16H23NO4/c1-4-8-21-14-7-5-6-13(9-14)10-15(18)17-12(3)11(2)16(19)20/h5-7,9,11-12H,4,8,10H2,1-3H3,(H,17,18)(H,19,20). The Morgan fingerprint density at radius 2 is 2.05 bits per heavy atom. The van der Waals surface area contributed by atoms with E-state index in [1.165, 1.54) is 0 Å². The molecule has 0 heterocycles. The van der Waals surface area contributed by atoms with Crippen molar-refractivity contribution < 1.29 is 19.4 Å². The normalized spacial score (nSPS) is 13.3. The molecule has 0 saturated carbocycles. The molecule has 2 N–H and O–H groups in total. The minimum Gasteiger partial charge on any atom is -0.494 e. The van der Waals surface area contributed by atoms with Gasteiger partial charge < -0.3 is 15.2 Å². The van der Waals surface area contributed by atoms with Crippen molar-refractivity contribution in [2.45, 2.75) is 39.7 Å². The van der Waals surface area contributed by atoms with Gasteiger partial charge in [0.15, 0.2) is 0 Å². The third-order valence-corrected chi connectivity index (χ3v) is 3.26. The summed E-state index contributed by atoms with van der Waals surface area (Å²) in [6.07, 6.45) is 1.13. The lowest BCUT2D eigenvalue weighted by molar-refractivity contribution is -0.142. The van der Waals surface area contributed by atoms with Crippen LogP contribution in [-0.2, 0) is 16.0 Å². The number of carboxylic acids is 1. The van der Waals surface area contributed by atoms with Crippen LogP contribution in [0.25, 0.3) is 0 Å². The van der Waals surface area contributed by atoms with E-state index in [-0.39, 0.29) is 12.3 Å². The second kappa shape index (κ2) is 8.29. The lowest BCUT2D eigenvalue weighted by Crippen LogP contribution is -2.40. The van der Waals surface area contributed by atoms with E-state index in [2.05, 4.69) is 5.32 Å². The Morgan fingerprint density at radius 3 is 2.67 bits per heavy atom. The van der Waals surface area contributed by atoms with Crippen LogP contribution in [0.1, 0.15) is 32.8 Å². The fourth-order valence-corrected chi connectivity index (χ4v) is 1.79. The molecule has 0 aromatic heterocycles. The molecular weight excluding hydrogens is 270 g/mol. The molecule has 0 bridgehead atoms. The Kier molecular flexibility index (Phi) is 6.72. The van der Waals surface area contributed by atoms with Crippen LogP contribution in [0.2, 0.25) is 0 Å². The highest BCUT2D eigenvalue weighted by Crippen LogP contribution is 2.14. The molecule has 0 aliphatic carbocycles. The minimum atomic E-state index is -0.919. The molecule has 0 aliphatic heterocycles. The van der Waals surface area contributed by atoms with Crippen molar-refractivity contribution in [2.75, 3.05) is 6.61 Å². The van der Waals surface area contributed by atoms with Crippen LogP contribution in [0.5, 0.6) is 5.75 Å².